The highest BCUT2D eigenvalue weighted by Crippen LogP contribution is 2.25. The van der Waals surface area contributed by atoms with Crippen LogP contribution >= 0.6 is 0 Å². The van der Waals surface area contributed by atoms with Gasteiger partial charge in [-0.05, 0) is 5.92 Å². The minimum Gasteiger partial charge on any atom is -0.504 e. The van der Waals surface area contributed by atoms with Gasteiger partial charge in [0.05, 0.1) is 5.56 Å². The van der Waals surface area contributed by atoms with Gasteiger partial charge in [0.1, 0.15) is 0 Å². The molecule has 44 valence electrons. The monoisotopic (exact) mass is 112 g/mol. The van der Waals surface area contributed by atoms with Crippen LogP contribution in [0.5, 0.6) is 5.75 Å². The van der Waals surface area contributed by atoms with Gasteiger partial charge in [-0.15, -0.1) is 0 Å². The van der Waals surface area contributed by atoms with Crippen molar-refractivity contribution in [3.63, 3.8) is 0 Å². The maximum atomic E-state index is 10.3. The van der Waals surface area contributed by atoms with Crippen LogP contribution in [0.4, 0.5) is 0 Å². The van der Waals surface area contributed by atoms with Gasteiger partial charge in [0.25, 0.3) is 0 Å². The zero-order valence-corrected chi connectivity index (χ0v) is 4.93. The lowest BCUT2D eigenvalue weighted by molar-refractivity contribution is 0.484. The normalized spacial score (nSPS) is 11.4. The largest absolute Gasteiger partial charge is 0.504 e. The molecule has 1 N–H and O–H groups in total. The van der Waals surface area contributed by atoms with Crippen LogP contribution in [0.25, 0.3) is 0 Å². The second-order valence-corrected chi connectivity index (χ2v) is 2.25. The fourth-order valence-corrected chi connectivity index (χ4v) is 0.710. The molecule has 0 saturated carbocycles. The summed E-state index contributed by atoms with van der Waals surface area (Å²) < 4.78 is 0. The molecule has 0 amide bonds. The molecule has 1 aromatic rings. The average Bonchev–Trinajstić information content (AvgIpc) is 2.15. The third-order valence-corrected chi connectivity index (χ3v) is 1.23. The summed E-state index contributed by atoms with van der Waals surface area (Å²) in [5.74, 6) is 0.183. The fourth-order valence-electron chi connectivity index (χ4n) is 0.710. The second-order valence-electron chi connectivity index (χ2n) is 2.25. The van der Waals surface area contributed by atoms with E-state index in [4.69, 9.17) is 5.11 Å². The van der Waals surface area contributed by atoms with E-state index in [1.807, 2.05) is 13.8 Å². The van der Waals surface area contributed by atoms with E-state index in [1.54, 1.807) is 0 Å². The topological polar surface area (TPSA) is 37.3 Å². The van der Waals surface area contributed by atoms with Crippen molar-refractivity contribution in [1.82, 2.24) is 0 Å². The molecule has 0 aliphatic heterocycles. The van der Waals surface area contributed by atoms with E-state index in [0.29, 0.717) is 5.56 Å². The number of aromatic hydroxyl groups is 1. The van der Waals surface area contributed by atoms with E-state index < -0.39 is 0 Å². The van der Waals surface area contributed by atoms with Crippen LogP contribution in [-0.4, -0.2) is 5.11 Å². The van der Waals surface area contributed by atoms with Crippen molar-refractivity contribution < 1.29 is 5.11 Å². The summed E-state index contributed by atoms with van der Waals surface area (Å²) in [4.78, 5) is 10.3. The summed E-state index contributed by atoms with van der Waals surface area (Å²) in [6.45, 7) is 3.77. The first kappa shape index (κ1) is 5.35. The molecule has 1 rings (SSSR count). The highest BCUT2D eigenvalue weighted by molar-refractivity contribution is 5.47. The minimum absolute atomic E-state index is 0.0139. The van der Waals surface area contributed by atoms with Crippen molar-refractivity contribution >= 4 is 0 Å². The van der Waals surface area contributed by atoms with Crippen LogP contribution in [0.2, 0.25) is 0 Å². The van der Waals surface area contributed by atoms with Crippen molar-refractivity contribution in [1.29, 1.82) is 0 Å². The molecule has 0 aliphatic carbocycles. The van der Waals surface area contributed by atoms with E-state index >= 15 is 0 Å². The van der Waals surface area contributed by atoms with E-state index in [2.05, 4.69) is 0 Å². The molecule has 0 atom stereocenters. The van der Waals surface area contributed by atoms with E-state index in [1.165, 1.54) is 0 Å². The Morgan fingerprint density at radius 2 is 1.88 bits per heavy atom. The molecular weight excluding hydrogens is 104 g/mol. The summed E-state index contributed by atoms with van der Waals surface area (Å²) in [6, 6.07) is 0. The predicted octanol–water partition coefficient (Wildman–Crippen LogP) is 0.751. The number of hydrogen-bond acceptors (Lipinski definition) is 2. The summed E-state index contributed by atoms with van der Waals surface area (Å²) >= 11 is 0. The smallest absolute Gasteiger partial charge is 0.227 e. The van der Waals surface area contributed by atoms with Gasteiger partial charge >= 0.3 is 0 Å². The van der Waals surface area contributed by atoms with E-state index in [-0.39, 0.29) is 17.1 Å². The Balaban J connectivity index is 2.81. The first-order chi connectivity index (χ1) is 3.64. The molecular formula is C6H8O2. The first-order valence-electron chi connectivity index (χ1n) is 2.62. The molecule has 2 nitrogen and oxygen atoms in total. The Hall–Kier alpha value is -0.790. The molecule has 0 saturated heterocycles. The van der Waals surface area contributed by atoms with Crippen LogP contribution in [0.3, 0.4) is 0 Å². The van der Waals surface area contributed by atoms with Gasteiger partial charge in [-0.3, -0.25) is 4.79 Å². The van der Waals surface area contributed by atoms with E-state index in [0.717, 1.165) is 0 Å². The summed E-state index contributed by atoms with van der Waals surface area (Å²) in [5, 5.41) is 8.60. The van der Waals surface area contributed by atoms with E-state index in [9.17, 15) is 4.79 Å². The van der Waals surface area contributed by atoms with Gasteiger partial charge < -0.3 is 5.11 Å². The van der Waals surface area contributed by atoms with Crippen molar-refractivity contribution in [2.45, 2.75) is 19.8 Å². The third-order valence-electron chi connectivity index (χ3n) is 1.23. The molecule has 0 radical (unpaired) electrons. The van der Waals surface area contributed by atoms with Crippen LogP contribution in [0, 0.1) is 0 Å². The lowest BCUT2D eigenvalue weighted by Crippen LogP contribution is -1.82. The van der Waals surface area contributed by atoms with Gasteiger partial charge in [-0.2, -0.15) is 0 Å². The highest BCUT2D eigenvalue weighted by Gasteiger charge is 2.23. The second kappa shape index (κ2) is 1.34. The highest BCUT2D eigenvalue weighted by atomic mass is 16.3. The zero-order valence-electron chi connectivity index (χ0n) is 4.93. The molecule has 0 unspecified atom stereocenters. The molecule has 0 spiro atoms. The lowest BCUT2D eigenvalue weighted by atomic mass is 10.2. The van der Waals surface area contributed by atoms with Gasteiger partial charge in [-0.25, -0.2) is 0 Å². The van der Waals surface area contributed by atoms with Gasteiger partial charge in [0.2, 0.25) is 5.43 Å². The van der Waals surface area contributed by atoms with Gasteiger partial charge in [0, 0.05) is 0 Å². The maximum absolute atomic E-state index is 10.3. The molecule has 0 aliphatic rings. The van der Waals surface area contributed by atoms with Crippen LogP contribution < -0.4 is 5.43 Å². The molecule has 0 bridgehead atoms. The fraction of sp³-hybridized carbons (Fsp3) is 0.500. The maximum Gasteiger partial charge on any atom is 0.227 e. The lowest BCUT2D eigenvalue weighted by Gasteiger charge is -1.87. The quantitative estimate of drug-likeness (QED) is 0.582. The van der Waals surface area contributed by atoms with Crippen LogP contribution in [0.15, 0.2) is 4.79 Å². The predicted molar refractivity (Wildman–Crippen MR) is 30.8 cm³/mol. The molecule has 8 heavy (non-hydrogen) atoms. The Morgan fingerprint density at radius 3 is 1.88 bits per heavy atom. The summed E-state index contributed by atoms with van der Waals surface area (Å²) in [7, 11) is 0. The number of hydrogen-bond donors (Lipinski definition) is 1. The molecule has 1 aromatic carbocycles. The Bertz CT molecular complexity index is 204. The number of rotatable bonds is 1. The Morgan fingerprint density at radius 1 is 1.50 bits per heavy atom. The van der Waals surface area contributed by atoms with Crippen molar-refractivity contribution in [3.05, 3.63) is 15.8 Å². The Kier molecular flexibility index (Phi) is 0.897. The Labute approximate surface area is 47.5 Å². The van der Waals surface area contributed by atoms with Crippen LogP contribution in [-0.2, 0) is 0 Å². The molecule has 0 fully saturated rings. The van der Waals surface area contributed by atoms with Crippen molar-refractivity contribution in [2.24, 2.45) is 0 Å². The first-order valence-corrected chi connectivity index (χ1v) is 2.62. The zero-order chi connectivity index (χ0) is 6.31. The summed E-state index contributed by atoms with van der Waals surface area (Å²) in [5.41, 5.74) is 0.449. The SMILES string of the molecule is CC(C)c1c(O)c1=O. The van der Waals surface area contributed by atoms with Gasteiger partial charge in [-0.1, -0.05) is 13.8 Å². The average molecular weight is 112 g/mol. The molecule has 0 heterocycles. The molecule has 0 aromatic heterocycles. The van der Waals surface area contributed by atoms with Crippen molar-refractivity contribution in [3.8, 4) is 5.75 Å². The molecule has 2 heteroatoms. The van der Waals surface area contributed by atoms with Gasteiger partial charge in [0.15, 0.2) is 5.75 Å². The third kappa shape index (κ3) is 0.529. The minimum atomic E-state index is -0.153. The van der Waals surface area contributed by atoms with Crippen LogP contribution in [0.1, 0.15) is 25.3 Å². The standard InChI is InChI=1S/C6H8O2/c1-3(2)4-5(7)6(4)8/h3,7H,1-2H3. The summed E-state index contributed by atoms with van der Waals surface area (Å²) in [6.07, 6.45) is 0. The van der Waals surface area contributed by atoms with Crippen molar-refractivity contribution in [2.75, 3.05) is 0 Å².